The van der Waals surface area contributed by atoms with Gasteiger partial charge in [0, 0.05) is 17.3 Å². The van der Waals surface area contributed by atoms with Crippen molar-refractivity contribution in [1.29, 1.82) is 0 Å². The minimum absolute atomic E-state index is 0.337. The minimum Gasteiger partial charge on any atom is -0.310 e. The maximum atomic E-state index is 13.2. The zero-order valence-corrected chi connectivity index (χ0v) is 15.5. The van der Waals surface area contributed by atoms with Gasteiger partial charge in [0.2, 0.25) is 0 Å². The van der Waals surface area contributed by atoms with E-state index in [0.29, 0.717) is 22.2 Å². The number of rotatable bonds is 5. The minimum atomic E-state index is -4.33. The average molecular weight is 399 g/mol. The van der Waals surface area contributed by atoms with Gasteiger partial charge in [0.05, 0.1) is 17.4 Å². The van der Waals surface area contributed by atoms with Crippen molar-refractivity contribution >= 4 is 22.7 Å². The van der Waals surface area contributed by atoms with Gasteiger partial charge in [-0.2, -0.15) is 13.2 Å². The quantitative estimate of drug-likeness (QED) is 0.388. The molecule has 28 heavy (non-hydrogen) atoms. The van der Waals surface area contributed by atoms with Crippen molar-refractivity contribution in [1.82, 2.24) is 14.5 Å². The molecule has 0 spiro atoms. The second-order valence-electron chi connectivity index (χ2n) is 6.27. The van der Waals surface area contributed by atoms with Gasteiger partial charge in [0.1, 0.15) is 6.54 Å². The highest BCUT2D eigenvalue weighted by Crippen LogP contribution is 2.32. The molecular formula is C21H16F3N3S. The smallest absolute Gasteiger partial charge is 0.310 e. The first-order valence-corrected chi connectivity index (χ1v) is 9.63. The van der Waals surface area contributed by atoms with Gasteiger partial charge in [-0.25, -0.2) is 4.98 Å². The van der Waals surface area contributed by atoms with Crippen LogP contribution in [0.1, 0.15) is 5.56 Å². The average Bonchev–Trinajstić information content (AvgIpc) is 3.07. The molecular weight excluding hydrogens is 383 g/mol. The number of thioether (sulfide) groups is 1. The highest BCUT2D eigenvalue weighted by Gasteiger charge is 2.30. The lowest BCUT2D eigenvalue weighted by molar-refractivity contribution is -0.141. The Bertz CT molecular complexity index is 1090. The van der Waals surface area contributed by atoms with E-state index in [4.69, 9.17) is 0 Å². The van der Waals surface area contributed by atoms with Crippen LogP contribution in [0, 0.1) is 0 Å². The number of hydrogen-bond acceptors (Lipinski definition) is 3. The lowest BCUT2D eigenvalue weighted by Gasteiger charge is -2.14. The van der Waals surface area contributed by atoms with Gasteiger partial charge in [-0.05, 0) is 17.2 Å². The number of benzene rings is 2. The molecule has 0 unspecified atom stereocenters. The van der Waals surface area contributed by atoms with Crippen LogP contribution in [0.25, 0.3) is 22.2 Å². The van der Waals surface area contributed by atoms with Crippen LogP contribution >= 0.6 is 11.8 Å². The first-order chi connectivity index (χ1) is 13.5. The SMILES string of the molecule is FC(F)(F)Cn1c(-c2ccccc2)cnc1SCc1cccc2cccnc12. The Hall–Kier alpha value is -2.80. The van der Waals surface area contributed by atoms with E-state index in [0.717, 1.165) is 16.5 Å². The topological polar surface area (TPSA) is 30.7 Å². The van der Waals surface area contributed by atoms with Crippen molar-refractivity contribution in [2.75, 3.05) is 0 Å². The van der Waals surface area contributed by atoms with Crippen LogP contribution in [-0.2, 0) is 12.3 Å². The third-order valence-corrected chi connectivity index (χ3v) is 5.34. The predicted octanol–water partition coefficient (Wildman–Crippen LogP) is 5.95. The molecule has 0 saturated carbocycles. The molecule has 2 heterocycles. The molecule has 3 nitrogen and oxygen atoms in total. The fraction of sp³-hybridized carbons (Fsp3) is 0.143. The Morgan fingerprint density at radius 3 is 2.46 bits per heavy atom. The summed E-state index contributed by atoms with van der Waals surface area (Å²) < 4.78 is 40.8. The number of fused-ring (bicyclic) bond motifs is 1. The van der Waals surface area contributed by atoms with Crippen molar-refractivity contribution < 1.29 is 13.2 Å². The second kappa shape index (κ2) is 7.67. The summed E-state index contributed by atoms with van der Waals surface area (Å²) in [5.41, 5.74) is 2.98. The summed E-state index contributed by atoms with van der Waals surface area (Å²) in [5, 5.41) is 1.34. The fourth-order valence-corrected chi connectivity index (χ4v) is 4.04. The van der Waals surface area contributed by atoms with Crippen LogP contribution in [0.5, 0.6) is 0 Å². The molecule has 0 fully saturated rings. The van der Waals surface area contributed by atoms with Crippen molar-refractivity contribution in [2.45, 2.75) is 23.6 Å². The number of halogens is 3. The molecule has 4 aromatic rings. The summed E-state index contributed by atoms with van der Waals surface area (Å²) in [4.78, 5) is 8.68. The first-order valence-electron chi connectivity index (χ1n) is 8.64. The van der Waals surface area contributed by atoms with Gasteiger partial charge in [-0.15, -0.1) is 0 Å². The monoisotopic (exact) mass is 399 g/mol. The largest absolute Gasteiger partial charge is 0.406 e. The van der Waals surface area contributed by atoms with E-state index in [1.165, 1.54) is 22.5 Å². The van der Waals surface area contributed by atoms with E-state index in [9.17, 15) is 13.2 Å². The van der Waals surface area contributed by atoms with Gasteiger partial charge in [0.15, 0.2) is 5.16 Å². The normalized spacial score (nSPS) is 11.8. The van der Waals surface area contributed by atoms with E-state index in [2.05, 4.69) is 9.97 Å². The number of hydrogen-bond donors (Lipinski definition) is 0. The Morgan fingerprint density at radius 2 is 1.68 bits per heavy atom. The van der Waals surface area contributed by atoms with Crippen LogP contribution in [0.2, 0.25) is 0 Å². The molecule has 2 aromatic carbocycles. The molecule has 0 amide bonds. The third kappa shape index (κ3) is 4.04. The standard InChI is InChI=1S/C21H16F3N3S/c22-21(23,24)14-27-18(15-6-2-1-3-7-15)12-26-20(27)28-13-17-9-4-8-16-10-5-11-25-19(16)17/h1-12H,13-14H2. The summed E-state index contributed by atoms with van der Waals surface area (Å²) in [6, 6.07) is 18.7. The highest BCUT2D eigenvalue weighted by atomic mass is 32.2. The summed E-state index contributed by atoms with van der Waals surface area (Å²) in [6.45, 7) is -1.08. The Morgan fingerprint density at radius 1 is 0.893 bits per heavy atom. The van der Waals surface area contributed by atoms with E-state index in [-0.39, 0.29) is 0 Å². The second-order valence-corrected chi connectivity index (χ2v) is 7.22. The van der Waals surface area contributed by atoms with Crippen LogP contribution in [0.3, 0.4) is 0 Å². The molecule has 0 bridgehead atoms. The number of aromatic nitrogens is 3. The van der Waals surface area contributed by atoms with E-state index in [1.807, 2.05) is 36.4 Å². The zero-order valence-electron chi connectivity index (χ0n) is 14.7. The maximum absolute atomic E-state index is 13.2. The van der Waals surface area contributed by atoms with Crippen LogP contribution in [0.15, 0.2) is 78.2 Å². The van der Waals surface area contributed by atoms with Crippen LogP contribution in [-0.4, -0.2) is 20.7 Å². The number of imidazole rings is 1. The van der Waals surface area contributed by atoms with E-state index >= 15 is 0 Å². The van der Waals surface area contributed by atoms with Crippen molar-refractivity contribution in [3.63, 3.8) is 0 Å². The van der Waals surface area contributed by atoms with Gasteiger partial charge < -0.3 is 4.57 Å². The van der Waals surface area contributed by atoms with Gasteiger partial charge >= 0.3 is 6.18 Å². The maximum Gasteiger partial charge on any atom is 0.406 e. The van der Waals surface area contributed by atoms with Crippen molar-refractivity contribution in [3.05, 3.63) is 78.6 Å². The van der Waals surface area contributed by atoms with Gasteiger partial charge in [-0.3, -0.25) is 4.98 Å². The number of pyridine rings is 1. The molecule has 0 aliphatic carbocycles. The molecule has 0 radical (unpaired) electrons. The summed E-state index contributed by atoms with van der Waals surface area (Å²) in [7, 11) is 0. The molecule has 7 heteroatoms. The molecule has 0 N–H and O–H groups in total. The Labute approximate surface area is 164 Å². The molecule has 0 saturated heterocycles. The lowest BCUT2D eigenvalue weighted by Crippen LogP contribution is -2.19. The van der Waals surface area contributed by atoms with Gasteiger partial charge in [0.25, 0.3) is 0 Å². The highest BCUT2D eigenvalue weighted by molar-refractivity contribution is 7.98. The summed E-state index contributed by atoms with van der Waals surface area (Å²) in [6.07, 6.45) is -1.11. The number of para-hydroxylation sites is 1. The summed E-state index contributed by atoms with van der Waals surface area (Å²) in [5.74, 6) is 0.484. The number of alkyl halides is 3. The zero-order chi connectivity index (χ0) is 19.6. The lowest BCUT2D eigenvalue weighted by atomic mass is 10.1. The Kier molecular flexibility index (Phi) is 5.09. The fourth-order valence-electron chi connectivity index (χ4n) is 3.07. The van der Waals surface area contributed by atoms with Crippen LogP contribution < -0.4 is 0 Å². The van der Waals surface area contributed by atoms with E-state index in [1.54, 1.807) is 30.5 Å². The predicted molar refractivity (Wildman–Crippen MR) is 105 cm³/mol. The third-order valence-electron chi connectivity index (χ3n) is 4.30. The van der Waals surface area contributed by atoms with E-state index < -0.39 is 12.7 Å². The summed E-state index contributed by atoms with van der Waals surface area (Å²) >= 11 is 1.28. The number of nitrogens with zero attached hydrogens (tertiary/aromatic N) is 3. The molecule has 2 aromatic heterocycles. The molecule has 0 aliphatic heterocycles. The van der Waals surface area contributed by atoms with Crippen molar-refractivity contribution in [3.8, 4) is 11.3 Å². The molecule has 142 valence electrons. The van der Waals surface area contributed by atoms with Gasteiger partial charge in [-0.1, -0.05) is 66.4 Å². The molecule has 0 aliphatic rings. The Balaban J connectivity index is 1.66. The van der Waals surface area contributed by atoms with Crippen molar-refractivity contribution in [2.24, 2.45) is 0 Å². The van der Waals surface area contributed by atoms with Crippen LogP contribution in [0.4, 0.5) is 13.2 Å². The first kappa shape index (κ1) is 18.6. The molecule has 4 rings (SSSR count). The molecule has 0 atom stereocenters.